The van der Waals surface area contributed by atoms with Gasteiger partial charge in [-0.1, -0.05) is 13.0 Å². The van der Waals surface area contributed by atoms with Crippen molar-refractivity contribution in [1.82, 2.24) is 0 Å². The number of hydrogen-bond acceptors (Lipinski definition) is 1. The molecule has 1 heteroatoms. The summed E-state index contributed by atoms with van der Waals surface area (Å²) in [7, 11) is 0. The zero-order chi connectivity index (χ0) is 7.98. The van der Waals surface area contributed by atoms with Crippen molar-refractivity contribution in [3.8, 4) is 0 Å². The van der Waals surface area contributed by atoms with Crippen LogP contribution in [0.25, 0.3) is 0 Å². The largest absolute Gasteiger partial charge is 0.287 e. The second-order valence-electron chi connectivity index (χ2n) is 2.67. The van der Waals surface area contributed by atoms with Crippen LogP contribution in [0.1, 0.15) is 34.1 Å². The van der Waals surface area contributed by atoms with E-state index < -0.39 is 0 Å². The van der Waals surface area contributed by atoms with Crippen molar-refractivity contribution in [1.29, 1.82) is 0 Å². The molecule has 0 aliphatic carbocycles. The van der Waals surface area contributed by atoms with E-state index >= 15 is 0 Å². The van der Waals surface area contributed by atoms with Crippen LogP contribution in [0.4, 0.5) is 0 Å². The summed E-state index contributed by atoms with van der Waals surface area (Å²) in [5.74, 6) is 0. The van der Waals surface area contributed by atoms with E-state index in [1.807, 2.05) is 6.92 Å². The fourth-order valence-corrected chi connectivity index (χ4v) is 0.739. The monoisotopic (exact) mass is 139 g/mol. The van der Waals surface area contributed by atoms with Gasteiger partial charge in [-0.15, -0.1) is 0 Å². The third kappa shape index (κ3) is 5.54. The summed E-state index contributed by atoms with van der Waals surface area (Å²) in [5, 5.41) is 0. The van der Waals surface area contributed by atoms with Crippen molar-refractivity contribution in [3.05, 3.63) is 12.2 Å². The molecule has 0 aliphatic heterocycles. The van der Waals surface area contributed by atoms with Crippen LogP contribution in [-0.4, -0.2) is 11.8 Å². The first kappa shape index (κ1) is 9.41. The molecule has 58 valence electrons. The lowest BCUT2D eigenvalue weighted by molar-refractivity contribution is 0.836. The average Bonchev–Trinajstić information content (AvgIpc) is 1.82. The molecule has 1 nitrogen and oxygen atoms in total. The Balaban J connectivity index is 3.82. The van der Waals surface area contributed by atoms with Gasteiger partial charge in [-0.25, -0.2) is 0 Å². The van der Waals surface area contributed by atoms with Crippen molar-refractivity contribution in [2.75, 3.05) is 0 Å². The molecule has 0 unspecified atom stereocenters. The normalized spacial score (nSPS) is 13.5. The number of nitrogens with zero attached hydrogens (tertiary/aromatic N) is 1. The Morgan fingerprint density at radius 2 is 2.10 bits per heavy atom. The molecule has 0 heterocycles. The maximum absolute atomic E-state index is 4.34. The van der Waals surface area contributed by atoms with Gasteiger partial charge in [-0.05, 0) is 33.3 Å². The molecule has 0 aromatic carbocycles. The lowest BCUT2D eigenvalue weighted by Gasteiger charge is -1.96. The average molecular weight is 139 g/mol. The van der Waals surface area contributed by atoms with E-state index in [1.165, 1.54) is 0 Å². The van der Waals surface area contributed by atoms with Gasteiger partial charge >= 0.3 is 0 Å². The lowest BCUT2D eigenvalue weighted by Crippen LogP contribution is -1.94. The van der Waals surface area contributed by atoms with E-state index in [2.05, 4.69) is 37.9 Å². The van der Waals surface area contributed by atoms with Gasteiger partial charge in [0.05, 0.1) is 0 Å². The van der Waals surface area contributed by atoms with Crippen LogP contribution in [0.15, 0.2) is 17.1 Å². The molecule has 0 atom stereocenters. The molecule has 0 radical (unpaired) electrons. The molecule has 0 spiro atoms. The second-order valence-corrected chi connectivity index (χ2v) is 2.67. The third-order valence-corrected chi connectivity index (χ3v) is 1.06. The van der Waals surface area contributed by atoms with E-state index in [9.17, 15) is 0 Å². The van der Waals surface area contributed by atoms with Crippen LogP contribution in [0, 0.1) is 0 Å². The van der Waals surface area contributed by atoms with Gasteiger partial charge in [-0.2, -0.15) is 0 Å². The fourth-order valence-electron chi connectivity index (χ4n) is 0.739. The summed E-state index contributed by atoms with van der Waals surface area (Å²) in [4.78, 5) is 4.34. The number of aliphatic imine (C=N–C) groups is 1. The van der Waals surface area contributed by atoms with E-state index in [0.29, 0.717) is 6.04 Å². The highest BCUT2D eigenvalue weighted by molar-refractivity contribution is 5.92. The highest BCUT2D eigenvalue weighted by Crippen LogP contribution is 1.90. The first-order chi connectivity index (χ1) is 4.66. The first-order valence-electron chi connectivity index (χ1n) is 3.87. The molecule has 0 bridgehead atoms. The zero-order valence-electron chi connectivity index (χ0n) is 7.39. The second kappa shape index (κ2) is 5.21. The summed E-state index contributed by atoms with van der Waals surface area (Å²) in [5.41, 5.74) is 1.12. The van der Waals surface area contributed by atoms with Gasteiger partial charge < -0.3 is 0 Å². The molecular weight excluding hydrogens is 122 g/mol. The Morgan fingerprint density at radius 3 is 2.50 bits per heavy atom. The van der Waals surface area contributed by atoms with Gasteiger partial charge in [0.15, 0.2) is 0 Å². The van der Waals surface area contributed by atoms with Crippen LogP contribution < -0.4 is 0 Å². The maximum atomic E-state index is 4.34. The van der Waals surface area contributed by atoms with Crippen molar-refractivity contribution < 1.29 is 0 Å². The Morgan fingerprint density at radius 1 is 1.50 bits per heavy atom. The summed E-state index contributed by atoms with van der Waals surface area (Å²) in [6.07, 6.45) is 5.28. The third-order valence-electron chi connectivity index (χ3n) is 1.06. The van der Waals surface area contributed by atoms with Crippen molar-refractivity contribution >= 4 is 5.71 Å². The quantitative estimate of drug-likeness (QED) is 0.533. The van der Waals surface area contributed by atoms with Crippen LogP contribution >= 0.6 is 0 Å². The lowest BCUT2D eigenvalue weighted by atomic mass is 10.3. The molecule has 0 rings (SSSR count). The van der Waals surface area contributed by atoms with Crippen molar-refractivity contribution in [3.63, 3.8) is 0 Å². The van der Waals surface area contributed by atoms with E-state index in [1.54, 1.807) is 0 Å². The molecule has 0 aromatic rings. The highest BCUT2D eigenvalue weighted by Gasteiger charge is 1.86. The van der Waals surface area contributed by atoms with Crippen LogP contribution in [0.5, 0.6) is 0 Å². The van der Waals surface area contributed by atoms with E-state index in [0.717, 1.165) is 12.1 Å². The van der Waals surface area contributed by atoms with E-state index in [4.69, 9.17) is 0 Å². The van der Waals surface area contributed by atoms with Gasteiger partial charge in [0, 0.05) is 11.8 Å². The molecule has 0 saturated heterocycles. The summed E-state index contributed by atoms with van der Waals surface area (Å²) < 4.78 is 0. The molecule has 10 heavy (non-hydrogen) atoms. The first-order valence-corrected chi connectivity index (χ1v) is 3.87. The Bertz CT molecular complexity index is 132. The SMILES string of the molecule is CC/C=C\C(C)=NC(C)C. The van der Waals surface area contributed by atoms with Gasteiger partial charge in [-0.3, -0.25) is 4.99 Å². The molecular formula is C9H17N. The minimum Gasteiger partial charge on any atom is -0.287 e. The summed E-state index contributed by atoms with van der Waals surface area (Å²) >= 11 is 0. The van der Waals surface area contributed by atoms with Crippen LogP contribution in [-0.2, 0) is 0 Å². The topological polar surface area (TPSA) is 12.4 Å². The van der Waals surface area contributed by atoms with Gasteiger partial charge in [0.1, 0.15) is 0 Å². The molecule has 0 N–H and O–H groups in total. The summed E-state index contributed by atoms with van der Waals surface area (Å²) in [6.45, 7) is 8.33. The molecule has 0 aromatic heterocycles. The minimum absolute atomic E-state index is 0.418. The Kier molecular flexibility index (Phi) is 4.91. The number of rotatable bonds is 3. The molecule has 0 fully saturated rings. The molecule has 0 amide bonds. The maximum Gasteiger partial charge on any atom is 0.0446 e. The van der Waals surface area contributed by atoms with Crippen LogP contribution in [0.2, 0.25) is 0 Å². The predicted molar refractivity (Wildman–Crippen MR) is 47.7 cm³/mol. The molecule has 0 aliphatic rings. The Hall–Kier alpha value is -0.590. The standard InChI is InChI=1S/C9H17N/c1-5-6-7-9(4)10-8(2)3/h6-8H,5H2,1-4H3/b7-6-,10-9?. The predicted octanol–water partition coefficient (Wildman–Crippen LogP) is 2.82. The highest BCUT2D eigenvalue weighted by atomic mass is 14.8. The van der Waals surface area contributed by atoms with Crippen molar-refractivity contribution in [2.24, 2.45) is 4.99 Å². The van der Waals surface area contributed by atoms with Crippen molar-refractivity contribution in [2.45, 2.75) is 40.2 Å². The van der Waals surface area contributed by atoms with Gasteiger partial charge in [0.25, 0.3) is 0 Å². The zero-order valence-corrected chi connectivity index (χ0v) is 7.39. The van der Waals surface area contributed by atoms with Gasteiger partial charge in [0.2, 0.25) is 0 Å². The van der Waals surface area contributed by atoms with E-state index in [-0.39, 0.29) is 0 Å². The number of hydrogen-bond donors (Lipinski definition) is 0. The van der Waals surface area contributed by atoms with Crippen LogP contribution in [0.3, 0.4) is 0 Å². The Labute approximate surface area is 63.9 Å². The number of allylic oxidation sites excluding steroid dienone is 2. The molecule has 0 saturated carbocycles. The minimum atomic E-state index is 0.418. The smallest absolute Gasteiger partial charge is 0.0446 e. The fraction of sp³-hybridized carbons (Fsp3) is 0.667. The summed E-state index contributed by atoms with van der Waals surface area (Å²) in [6, 6.07) is 0.418.